The molecule has 0 aromatic heterocycles. The topological polar surface area (TPSA) is 40.5 Å². The van der Waals surface area contributed by atoms with Crippen LogP contribution in [0.5, 0.6) is 0 Å². The predicted molar refractivity (Wildman–Crippen MR) is 83.1 cm³/mol. The van der Waals surface area contributed by atoms with Gasteiger partial charge in [-0.25, -0.2) is 0 Å². The summed E-state index contributed by atoms with van der Waals surface area (Å²) in [5, 5.41) is 19.7. The van der Waals surface area contributed by atoms with Gasteiger partial charge in [-0.1, -0.05) is 72.0 Å². The molecule has 2 nitrogen and oxygen atoms in total. The van der Waals surface area contributed by atoms with Gasteiger partial charge in [-0.05, 0) is 29.9 Å². The quantitative estimate of drug-likeness (QED) is 0.828. The average molecular weight is 276 g/mol. The van der Waals surface area contributed by atoms with Gasteiger partial charge in [0.25, 0.3) is 0 Å². The van der Waals surface area contributed by atoms with Crippen molar-refractivity contribution in [3.8, 4) is 23.7 Å². The van der Waals surface area contributed by atoms with E-state index in [-0.39, 0.29) is 0 Å². The zero-order valence-electron chi connectivity index (χ0n) is 11.7. The summed E-state index contributed by atoms with van der Waals surface area (Å²) in [6, 6.07) is 16.7. The lowest BCUT2D eigenvalue weighted by molar-refractivity contribution is 0.237. The Bertz CT molecular complexity index is 694. The van der Waals surface area contributed by atoms with Gasteiger partial charge in [-0.2, -0.15) is 0 Å². The molecule has 0 aliphatic heterocycles. The Morgan fingerprint density at radius 3 is 1.71 bits per heavy atom. The van der Waals surface area contributed by atoms with Crippen molar-refractivity contribution in [1.29, 1.82) is 0 Å². The highest BCUT2D eigenvalue weighted by atomic mass is 16.3. The Balaban J connectivity index is 2.01. The van der Waals surface area contributed by atoms with E-state index in [2.05, 4.69) is 23.7 Å². The van der Waals surface area contributed by atoms with E-state index in [1.54, 1.807) is 12.1 Å². The largest absolute Gasteiger partial charge is 0.376 e. The summed E-state index contributed by atoms with van der Waals surface area (Å²) in [5.41, 5.74) is 2.59. The molecule has 0 spiro atoms. The Hall–Kier alpha value is -2.52. The standard InChI is InChI=1S/C19H16O2/c1-15-11-13-17(14-12-15)19(21)10-6-5-9-18(20)16-7-3-2-4-8-16/h2-4,7-8,11-14,18-21H,1H3. The Morgan fingerprint density at radius 1 is 0.714 bits per heavy atom. The fraction of sp³-hybridized carbons (Fsp3) is 0.158. The summed E-state index contributed by atoms with van der Waals surface area (Å²) in [6.07, 6.45) is -1.73. The summed E-state index contributed by atoms with van der Waals surface area (Å²) in [5.74, 6) is 10.4. The lowest BCUT2D eigenvalue weighted by atomic mass is 10.1. The van der Waals surface area contributed by atoms with Crippen LogP contribution in [0.15, 0.2) is 54.6 Å². The van der Waals surface area contributed by atoms with Crippen molar-refractivity contribution >= 4 is 0 Å². The molecule has 0 aliphatic carbocycles. The van der Waals surface area contributed by atoms with Crippen molar-refractivity contribution in [3.63, 3.8) is 0 Å². The molecule has 2 atom stereocenters. The Kier molecular flexibility index (Phi) is 5.18. The van der Waals surface area contributed by atoms with E-state index in [9.17, 15) is 10.2 Å². The number of benzene rings is 2. The van der Waals surface area contributed by atoms with Crippen LogP contribution in [-0.2, 0) is 0 Å². The molecule has 2 heteroatoms. The molecular formula is C19H16O2. The minimum Gasteiger partial charge on any atom is -0.376 e. The third-order valence-corrected chi connectivity index (χ3v) is 2.99. The van der Waals surface area contributed by atoms with Crippen LogP contribution in [0, 0.1) is 30.6 Å². The van der Waals surface area contributed by atoms with Crippen LogP contribution in [-0.4, -0.2) is 10.2 Å². The molecule has 0 saturated heterocycles. The molecule has 0 amide bonds. The summed E-state index contributed by atoms with van der Waals surface area (Å²) in [6.45, 7) is 1.98. The number of hydrogen-bond donors (Lipinski definition) is 2. The Labute approximate surface area is 125 Å². The predicted octanol–water partition coefficient (Wildman–Crippen LogP) is 2.77. The van der Waals surface area contributed by atoms with Gasteiger partial charge in [-0.15, -0.1) is 0 Å². The third kappa shape index (κ3) is 4.51. The van der Waals surface area contributed by atoms with E-state index in [4.69, 9.17) is 0 Å². The van der Waals surface area contributed by atoms with Crippen LogP contribution in [0.1, 0.15) is 28.9 Å². The minimum absolute atomic E-state index is 0.728. The first-order chi connectivity index (χ1) is 10.2. The molecule has 21 heavy (non-hydrogen) atoms. The maximum absolute atomic E-state index is 9.89. The van der Waals surface area contributed by atoms with Gasteiger partial charge in [-0.3, -0.25) is 0 Å². The van der Waals surface area contributed by atoms with Crippen molar-refractivity contribution in [2.75, 3.05) is 0 Å². The zero-order chi connectivity index (χ0) is 15.1. The van der Waals surface area contributed by atoms with Crippen molar-refractivity contribution < 1.29 is 10.2 Å². The van der Waals surface area contributed by atoms with Crippen LogP contribution >= 0.6 is 0 Å². The number of rotatable bonds is 2. The van der Waals surface area contributed by atoms with E-state index in [0.717, 1.165) is 16.7 Å². The fourth-order valence-corrected chi connectivity index (χ4v) is 1.76. The summed E-state index contributed by atoms with van der Waals surface area (Å²) in [4.78, 5) is 0. The van der Waals surface area contributed by atoms with Gasteiger partial charge in [0.2, 0.25) is 0 Å². The molecule has 104 valence electrons. The molecule has 2 unspecified atom stereocenters. The maximum atomic E-state index is 9.89. The van der Waals surface area contributed by atoms with Gasteiger partial charge in [0.15, 0.2) is 0 Å². The van der Waals surface area contributed by atoms with Crippen LogP contribution in [0.25, 0.3) is 0 Å². The SMILES string of the molecule is Cc1ccc(C(O)C#CC#CC(O)c2ccccc2)cc1. The monoisotopic (exact) mass is 276 g/mol. The molecule has 2 aromatic rings. The van der Waals surface area contributed by atoms with Gasteiger partial charge < -0.3 is 10.2 Å². The molecule has 0 aliphatic rings. The van der Waals surface area contributed by atoms with E-state index in [1.165, 1.54) is 0 Å². The van der Waals surface area contributed by atoms with Gasteiger partial charge in [0.05, 0.1) is 0 Å². The van der Waals surface area contributed by atoms with Crippen LogP contribution in [0.3, 0.4) is 0 Å². The molecule has 2 N–H and O–H groups in total. The van der Waals surface area contributed by atoms with Crippen molar-refractivity contribution in [2.24, 2.45) is 0 Å². The lowest BCUT2D eigenvalue weighted by Crippen LogP contribution is -1.93. The summed E-state index contributed by atoms with van der Waals surface area (Å²) in [7, 11) is 0. The van der Waals surface area contributed by atoms with Gasteiger partial charge >= 0.3 is 0 Å². The van der Waals surface area contributed by atoms with E-state index >= 15 is 0 Å². The summed E-state index contributed by atoms with van der Waals surface area (Å²) < 4.78 is 0. The average Bonchev–Trinajstić information content (AvgIpc) is 2.52. The van der Waals surface area contributed by atoms with E-state index < -0.39 is 12.2 Å². The highest BCUT2D eigenvalue weighted by molar-refractivity contribution is 5.35. The second-order valence-electron chi connectivity index (χ2n) is 4.67. The van der Waals surface area contributed by atoms with Crippen LogP contribution in [0.2, 0.25) is 0 Å². The molecule has 2 rings (SSSR count). The molecule has 0 fully saturated rings. The molecule has 0 bridgehead atoms. The second-order valence-corrected chi connectivity index (χ2v) is 4.67. The minimum atomic E-state index is -0.867. The first-order valence-corrected chi connectivity index (χ1v) is 6.65. The number of aliphatic hydroxyl groups is 2. The van der Waals surface area contributed by atoms with Crippen molar-refractivity contribution in [1.82, 2.24) is 0 Å². The number of aliphatic hydroxyl groups excluding tert-OH is 2. The van der Waals surface area contributed by atoms with Crippen LogP contribution in [0.4, 0.5) is 0 Å². The lowest BCUT2D eigenvalue weighted by Gasteiger charge is -2.03. The van der Waals surface area contributed by atoms with Gasteiger partial charge in [0, 0.05) is 0 Å². The van der Waals surface area contributed by atoms with E-state index in [1.807, 2.05) is 49.4 Å². The number of hydrogen-bond acceptors (Lipinski definition) is 2. The number of aryl methyl sites for hydroxylation is 1. The molecule has 0 saturated carbocycles. The van der Waals surface area contributed by atoms with Gasteiger partial charge in [0.1, 0.15) is 12.2 Å². The first kappa shape index (κ1) is 14.9. The van der Waals surface area contributed by atoms with Crippen molar-refractivity contribution in [3.05, 3.63) is 71.3 Å². The summed E-state index contributed by atoms with van der Waals surface area (Å²) >= 11 is 0. The fourth-order valence-electron chi connectivity index (χ4n) is 1.76. The highest BCUT2D eigenvalue weighted by Gasteiger charge is 2.02. The van der Waals surface area contributed by atoms with E-state index in [0.29, 0.717) is 0 Å². The Morgan fingerprint density at radius 2 is 1.19 bits per heavy atom. The molecule has 0 heterocycles. The third-order valence-electron chi connectivity index (χ3n) is 2.99. The molecule has 0 radical (unpaired) electrons. The van der Waals surface area contributed by atoms with Crippen LogP contribution < -0.4 is 0 Å². The van der Waals surface area contributed by atoms with Crippen molar-refractivity contribution in [2.45, 2.75) is 19.1 Å². The maximum Gasteiger partial charge on any atom is 0.141 e. The highest BCUT2D eigenvalue weighted by Crippen LogP contribution is 2.12. The normalized spacial score (nSPS) is 12.3. The smallest absolute Gasteiger partial charge is 0.141 e. The second kappa shape index (κ2) is 7.31. The molecular weight excluding hydrogens is 260 g/mol. The zero-order valence-corrected chi connectivity index (χ0v) is 11.7. The molecule has 2 aromatic carbocycles. The first-order valence-electron chi connectivity index (χ1n) is 6.65.